The van der Waals surface area contributed by atoms with E-state index >= 15 is 0 Å². The Bertz CT molecular complexity index is 782. The molecule has 6 heterocycles. The quantitative estimate of drug-likeness (QED) is 0.267. The molecule has 13 atom stereocenters. The maximum absolute atomic E-state index is 9.68. The summed E-state index contributed by atoms with van der Waals surface area (Å²) in [6, 6.07) is -1.12. The lowest BCUT2D eigenvalue weighted by Crippen LogP contribution is -2.52. The second-order valence-electron chi connectivity index (χ2n) is 10.6. The van der Waals surface area contributed by atoms with Gasteiger partial charge in [-0.1, -0.05) is 0 Å². The van der Waals surface area contributed by atoms with Gasteiger partial charge in [-0.15, -0.1) is 0 Å². The predicted octanol–water partition coefficient (Wildman–Crippen LogP) is -3.16. The lowest BCUT2D eigenvalue weighted by Gasteiger charge is -2.34. The number of methoxy groups -OCH3 is 2. The van der Waals surface area contributed by atoms with Crippen molar-refractivity contribution in [1.82, 2.24) is 0 Å². The average Bonchev–Trinajstić information content (AvgIpc) is 3.53. The van der Waals surface area contributed by atoms with E-state index in [1.165, 1.54) is 0 Å². The van der Waals surface area contributed by atoms with E-state index < -0.39 is 47.1 Å². The molecule has 6 aliphatic heterocycles. The Hall–Kier alpha value is -0.350. The number of aliphatic hydroxyl groups excluding tert-OH is 4. The average molecular weight is 528 g/mol. The molecule has 6 aliphatic rings. The number of hydrogen-bond acceptors (Lipinski definition) is 12. The summed E-state index contributed by atoms with van der Waals surface area (Å²) in [5.41, 5.74) is -2.33. The van der Waals surface area contributed by atoms with Crippen molar-refractivity contribution in [2.24, 2.45) is 5.92 Å². The van der Waals surface area contributed by atoms with Gasteiger partial charge in [0, 0.05) is 32.1 Å². The third-order valence-corrected chi connectivity index (χ3v) is 8.32. The van der Waals surface area contributed by atoms with Crippen LogP contribution in [0.4, 0.5) is 0 Å². The summed E-state index contributed by atoms with van der Waals surface area (Å²) in [6.45, 7) is 4.89. The minimum absolute atomic E-state index is 0.00699. The first-order valence-corrected chi connectivity index (χ1v) is 12.5. The zero-order chi connectivity index (χ0) is 27.2. The molecule has 0 aromatic carbocycles. The fraction of sp³-hybridized carbons (Fsp3) is 1.00. The van der Waals surface area contributed by atoms with E-state index in [0.717, 1.165) is 0 Å². The highest BCUT2D eigenvalue weighted by Gasteiger charge is 2.64. The number of rotatable bonds is 5. The minimum atomic E-state index is -0.970. The Morgan fingerprint density at radius 2 is 1.54 bits per heavy atom. The second kappa shape index (κ2) is 11.3. The molecule has 14 heteroatoms. The molecule has 6 rings (SSSR count). The molecule has 6 saturated heterocycles. The van der Waals surface area contributed by atoms with Crippen molar-refractivity contribution in [3.05, 3.63) is 0 Å². The van der Waals surface area contributed by atoms with Gasteiger partial charge in [0.05, 0.1) is 58.0 Å². The van der Waals surface area contributed by atoms with Crippen LogP contribution < -0.4 is 0 Å². The SMILES string of the molecule is COC[C@]12O[C@@H](C)[C@H](OC1C)C2OC.[B]C1OC2(CO)CO[C@H]1[C@H]2O.[B]C1O[C@@]2(CO)COC[C@H]1[C@H]2O. The van der Waals surface area contributed by atoms with Crippen LogP contribution in [0.15, 0.2) is 0 Å². The maximum atomic E-state index is 9.68. The molecule has 0 spiro atoms. The van der Waals surface area contributed by atoms with Crippen LogP contribution in [0, 0.1) is 5.92 Å². The highest BCUT2D eigenvalue weighted by atomic mass is 16.7. The fourth-order valence-corrected chi connectivity index (χ4v) is 6.11. The predicted molar refractivity (Wildman–Crippen MR) is 127 cm³/mol. The number of hydrogen-bond donors (Lipinski definition) is 4. The van der Waals surface area contributed by atoms with Gasteiger partial charge in [0.2, 0.25) is 0 Å². The fourth-order valence-electron chi connectivity index (χ4n) is 6.11. The summed E-state index contributed by atoms with van der Waals surface area (Å²) < 4.78 is 43.1. The molecule has 208 valence electrons. The largest absolute Gasteiger partial charge is 0.393 e. The van der Waals surface area contributed by atoms with Crippen LogP contribution >= 0.6 is 0 Å². The lowest BCUT2D eigenvalue weighted by molar-refractivity contribution is -0.194. The van der Waals surface area contributed by atoms with Crippen LogP contribution in [0.1, 0.15) is 13.8 Å². The Balaban J connectivity index is 0.000000131. The molecule has 0 saturated carbocycles. The van der Waals surface area contributed by atoms with E-state index in [-0.39, 0.29) is 56.8 Å². The van der Waals surface area contributed by atoms with Crippen molar-refractivity contribution >= 4 is 15.7 Å². The molecule has 12 nitrogen and oxygen atoms in total. The standard InChI is InChI=1S/C10H18O4.C7H11BO4.C6H9BO4/c1-6-8-9(12-4)10(14-6,5-11-3)7(2)13-8;8-6-4-1-11-3-7(2-9,12-6)5(4)10;7-5-3-4(9)6(1-8,11-5)2-10-3/h6-9H,5H2,1-4H3;4-6,9-10H,1-3H2;3-5,8-9H,1-2H2/t6-,7?,8-,9?,10-;4-,5+,6?,7-;3-,4+,5?,6?/m000/s1. The summed E-state index contributed by atoms with van der Waals surface area (Å²) in [6.07, 6.45) is -1.80. The summed E-state index contributed by atoms with van der Waals surface area (Å²) in [5.74, 6) is -0.203. The maximum Gasteiger partial charge on any atom is 0.146 e. The number of ether oxygens (including phenoxy) is 8. The highest BCUT2D eigenvalue weighted by molar-refractivity contribution is 6.12. The molecule has 4 radical (unpaired) electrons. The molecule has 4 N–H and O–H groups in total. The molecular weight excluding hydrogens is 490 g/mol. The van der Waals surface area contributed by atoms with Gasteiger partial charge in [0.25, 0.3) is 0 Å². The Labute approximate surface area is 219 Å². The summed E-state index contributed by atoms with van der Waals surface area (Å²) in [7, 11) is 14.4. The van der Waals surface area contributed by atoms with Crippen LogP contribution in [0.3, 0.4) is 0 Å². The van der Waals surface area contributed by atoms with Gasteiger partial charge >= 0.3 is 0 Å². The van der Waals surface area contributed by atoms with E-state index in [1.807, 2.05) is 13.8 Å². The lowest BCUT2D eigenvalue weighted by atomic mass is 9.81. The van der Waals surface area contributed by atoms with Gasteiger partial charge in [-0.3, -0.25) is 0 Å². The first-order valence-electron chi connectivity index (χ1n) is 12.5. The van der Waals surface area contributed by atoms with Crippen molar-refractivity contribution in [2.75, 3.05) is 53.9 Å². The zero-order valence-electron chi connectivity index (χ0n) is 21.7. The van der Waals surface area contributed by atoms with Gasteiger partial charge in [-0.05, 0) is 13.8 Å². The van der Waals surface area contributed by atoms with Gasteiger partial charge in [-0.2, -0.15) is 0 Å². The van der Waals surface area contributed by atoms with Crippen molar-refractivity contribution in [3.8, 4) is 0 Å². The molecule has 0 aliphatic carbocycles. The van der Waals surface area contributed by atoms with E-state index in [2.05, 4.69) is 0 Å². The summed E-state index contributed by atoms with van der Waals surface area (Å²) >= 11 is 0. The normalized spacial score (nSPS) is 53.0. The number of fused-ring (bicyclic) bond motifs is 6. The van der Waals surface area contributed by atoms with Crippen molar-refractivity contribution in [1.29, 1.82) is 0 Å². The molecule has 6 bridgehead atoms. The number of aliphatic hydroxyl groups is 4. The summed E-state index contributed by atoms with van der Waals surface area (Å²) in [4.78, 5) is 0. The van der Waals surface area contributed by atoms with Gasteiger partial charge in [0.15, 0.2) is 0 Å². The zero-order valence-corrected chi connectivity index (χ0v) is 21.7. The molecule has 0 aromatic rings. The topological polar surface area (TPSA) is 155 Å². The molecule has 6 fully saturated rings. The molecule has 0 aromatic heterocycles. The van der Waals surface area contributed by atoms with Gasteiger partial charge in [0.1, 0.15) is 56.9 Å². The van der Waals surface area contributed by atoms with Gasteiger partial charge < -0.3 is 58.3 Å². The van der Waals surface area contributed by atoms with E-state index in [0.29, 0.717) is 13.2 Å². The molecule has 37 heavy (non-hydrogen) atoms. The van der Waals surface area contributed by atoms with Crippen molar-refractivity contribution < 1.29 is 58.3 Å². The third kappa shape index (κ3) is 4.81. The second-order valence-corrected chi connectivity index (χ2v) is 10.6. The van der Waals surface area contributed by atoms with E-state index in [4.69, 9.17) is 63.8 Å². The van der Waals surface area contributed by atoms with Gasteiger partial charge in [-0.25, -0.2) is 0 Å². The van der Waals surface area contributed by atoms with Crippen LogP contribution in [0.2, 0.25) is 0 Å². The summed E-state index contributed by atoms with van der Waals surface area (Å²) in [5, 5.41) is 37.1. The first-order chi connectivity index (χ1) is 17.5. The van der Waals surface area contributed by atoms with Crippen LogP contribution in [0.5, 0.6) is 0 Å². The Morgan fingerprint density at radius 1 is 0.892 bits per heavy atom. The molecule has 0 amide bonds. The van der Waals surface area contributed by atoms with E-state index in [9.17, 15) is 10.2 Å². The highest BCUT2D eigenvalue weighted by Crippen LogP contribution is 2.45. The van der Waals surface area contributed by atoms with Crippen LogP contribution in [-0.4, -0.2) is 162 Å². The van der Waals surface area contributed by atoms with Crippen molar-refractivity contribution in [2.45, 2.75) is 85.4 Å². The van der Waals surface area contributed by atoms with Crippen molar-refractivity contribution in [3.63, 3.8) is 0 Å². The first kappa shape index (κ1) is 29.6. The Kier molecular flexibility index (Phi) is 9.02. The van der Waals surface area contributed by atoms with E-state index in [1.54, 1.807) is 14.2 Å². The van der Waals surface area contributed by atoms with Crippen LogP contribution in [-0.2, 0) is 37.9 Å². The monoisotopic (exact) mass is 528 g/mol. The minimum Gasteiger partial charge on any atom is -0.393 e. The third-order valence-electron chi connectivity index (χ3n) is 8.32. The van der Waals surface area contributed by atoms with Crippen LogP contribution in [0.25, 0.3) is 0 Å². The smallest absolute Gasteiger partial charge is 0.146 e. The molecule has 5 unspecified atom stereocenters. The Morgan fingerprint density at radius 3 is 2.03 bits per heavy atom. The molecular formula is C23H38B2O12.